The Morgan fingerprint density at radius 1 is 1.39 bits per heavy atom. The third-order valence-corrected chi connectivity index (χ3v) is 2.85. The molecule has 4 N–H and O–H groups in total. The molecule has 0 saturated carbocycles. The van der Waals surface area contributed by atoms with E-state index in [9.17, 15) is 4.79 Å². The number of carbonyl (C=O) groups excluding carboxylic acids is 1. The van der Waals surface area contributed by atoms with Gasteiger partial charge in [0.05, 0.1) is 12.0 Å². The van der Waals surface area contributed by atoms with E-state index in [2.05, 4.69) is 21.9 Å². The van der Waals surface area contributed by atoms with Gasteiger partial charge in [0.1, 0.15) is 0 Å². The fourth-order valence-electron chi connectivity index (χ4n) is 0.968. The van der Waals surface area contributed by atoms with Crippen molar-refractivity contribution in [2.45, 2.75) is 20.8 Å². The lowest BCUT2D eigenvalue weighted by atomic mass is 9.93. The molecule has 0 fully saturated rings. The van der Waals surface area contributed by atoms with Gasteiger partial charge in [0.2, 0.25) is 5.91 Å². The first-order valence-corrected chi connectivity index (χ1v) is 7.14. The average molecular weight is 388 g/mol. The van der Waals surface area contributed by atoms with Crippen LogP contribution in [0.25, 0.3) is 0 Å². The Hall–Kier alpha value is -0.180. The van der Waals surface area contributed by atoms with Crippen LogP contribution in [-0.2, 0) is 4.79 Å². The average Bonchev–Trinajstić information content (AvgIpc) is 2.26. The molecule has 18 heavy (non-hydrogen) atoms. The fraction of sp³-hybridized carbons (Fsp3) is 0.818. The number of thioether (sulfide) groups is 1. The first kappa shape index (κ1) is 20.1. The van der Waals surface area contributed by atoms with E-state index < -0.39 is 5.41 Å². The summed E-state index contributed by atoms with van der Waals surface area (Å²) >= 11 is 1.77. The Morgan fingerprint density at radius 2 is 2.00 bits per heavy atom. The summed E-state index contributed by atoms with van der Waals surface area (Å²) < 4.78 is 0. The second-order valence-corrected chi connectivity index (χ2v) is 5.35. The van der Waals surface area contributed by atoms with Crippen molar-refractivity contribution >= 4 is 47.6 Å². The molecule has 1 amide bonds. The minimum absolute atomic E-state index is 0. The molecule has 0 aromatic rings. The number of guanidine groups is 1. The van der Waals surface area contributed by atoms with Gasteiger partial charge in [-0.05, 0) is 27.0 Å². The number of rotatable bonds is 7. The van der Waals surface area contributed by atoms with E-state index >= 15 is 0 Å². The zero-order chi connectivity index (χ0) is 13.3. The summed E-state index contributed by atoms with van der Waals surface area (Å²) in [6, 6.07) is 0. The molecule has 7 heteroatoms. The third-order valence-electron chi connectivity index (χ3n) is 2.24. The number of carbonyl (C=O) groups is 1. The Kier molecular flexibility index (Phi) is 12.0. The number of nitrogens with two attached hydrogens (primary N) is 1. The minimum Gasteiger partial charge on any atom is -0.369 e. The largest absolute Gasteiger partial charge is 0.369 e. The van der Waals surface area contributed by atoms with E-state index in [1.165, 1.54) is 0 Å². The summed E-state index contributed by atoms with van der Waals surface area (Å²) in [7, 11) is 0. The maximum absolute atomic E-state index is 11.2. The quantitative estimate of drug-likeness (QED) is 0.264. The van der Waals surface area contributed by atoms with Crippen molar-refractivity contribution in [3.63, 3.8) is 0 Å². The number of hydrogen-bond acceptors (Lipinski definition) is 3. The van der Waals surface area contributed by atoms with Crippen molar-refractivity contribution in [3.8, 4) is 0 Å². The molecule has 0 aliphatic rings. The molecule has 0 radical (unpaired) electrons. The van der Waals surface area contributed by atoms with Gasteiger partial charge in [-0.1, -0.05) is 0 Å². The van der Waals surface area contributed by atoms with Crippen LogP contribution in [0.5, 0.6) is 0 Å². The van der Waals surface area contributed by atoms with Gasteiger partial charge in [0, 0.05) is 18.8 Å². The molecule has 0 aliphatic heterocycles. The number of nitrogens with one attached hydrogen (secondary N) is 2. The molecule has 5 nitrogen and oxygen atoms in total. The molecule has 0 aliphatic carbocycles. The zero-order valence-electron chi connectivity index (χ0n) is 11.6. The van der Waals surface area contributed by atoms with Crippen molar-refractivity contribution < 1.29 is 4.79 Å². The summed E-state index contributed by atoms with van der Waals surface area (Å²) in [6.07, 6.45) is 2.06. The van der Waals surface area contributed by atoms with Crippen LogP contribution in [0.2, 0.25) is 0 Å². The van der Waals surface area contributed by atoms with E-state index in [-0.39, 0.29) is 29.9 Å². The summed E-state index contributed by atoms with van der Waals surface area (Å²) in [5.74, 6) is 1.42. The highest BCUT2D eigenvalue weighted by Gasteiger charge is 2.24. The van der Waals surface area contributed by atoms with Crippen LogP contribution in [0.15, 0.2) is 4.99 Å². The van der Waals surface area contributed by atoms with Gasteiger partial charge in [0.15, 0.2) is 5.96 Å². The second-order valence-electron chi connectivity index (χ2n) is 4.36. The Labute approximate surface area is 131 Å². The molecule has 0 saturated heterocycles. The van der Waals surface area contributed by atoms with Gasteiger partial charge in [-0.25, -0.2) is 0 Å². The molecular weight excluding hydrogens is 363 g/mol. The lowest BCUT2D eigenvalue weighted by Crippen LogP contribution is -2.40. The monoisotopic (exact) mass is 388 g/mol. The van der Waals surface area contributed by atoms with Crippen molar-refractivity contribution in [2.24, 2.45) is 16.1 Å². The smallest absolute Gasteiger partial charge is 0.224 e. The van der Waals surface area contributed by atoms with Crippen molar-refractivity contribution in [1.29, 1.82) is 0 Å². The standard InChI is InChI=1S/C11H24N4OS.HI/c1-5-13-10(14-6-7-17-4)15-8-11(2,3)9(12)16;/h5-8H2,1-4H3,(H2,12,16)(H2,13,14,15);1H. The Bertz CT molecular complexity index is 272. The fourth-order valence-corrected chi connectivity index (χ4v) is 1.27. The lowest BCUT2D eigenvalue weighted by Gasteiger charge is -2.19. The molecule has 0 heterocycles. The second kappa shape index (κ2) is 10.7. The van der Waals surface area contributed by atoms with Crippen molar-refractivity contribution in [2.75, 3.05) is 31.6 Å². The molecule has 108 valence electrons. The van der Waals surface area contributed by atoms with Crippen molar-refractivity contribution in [3.05, 3.63) is 0 Å². The van der Waals surface area contributed by atoms with E-state index in [4.69, 9.17) is 5.73 Å². The van der Waals surface area contributed by atoms with Crippen LogP contribution in [0.3, 0.4) is 0 Å². The number of aliphatic imine (C=N–C) groups is 1. The molecule has 0 spiro atoms. The number of primary amides is 1. The number of hydrogen-bond donors (Lipinski definition) is 3. The highest BCUT2D eigenvalue weighted by atomic mass is 127. The number of amides is 1. The first-order valence-electron chi connectivity index (χ1n) is 5.75. The predicted molar refractivity (Wildman–Crippen MR) is 90.8 cm³/mol. The summed E-state index contributed by atoms with van der Waals surface area (Å²) in [6.45, 7) is 7.63. The van der Waals surface area contributed by atoms with Gasteiger partial charge in [0.25, 0.3) is 0 Å². The summed E-state index contributed by atoms with van der Waals surface area (Å²) in [5.41, 5.74) is 4.69. The summed E-state index contributed by atoms with van der Waals surface area (Å²) in [5, 5.41) is 6.33. The SMILES string of the molecule is CCNC(=NCC(C)(C)C(N)=O)NCCSC.I. The van der Waals surface area contributed by atoms with Crippen LogP contribution in [-0.4, -0.2) is 43.5 Å². The van der Waals surface area contributed by atoms with Gasteiger partial charge in [-0.2, -0.15) is 11.8 Å². The van der Waals surface area contributed by atoms with Gasteiger partial charge in [-0.15, -0.1) is 24.0 Å². The molecule has 0 atom stereocenters. The highest BCUT2D eigenvalue weighted by Crippen LogP contribution is 2.13. The third kappa shape index (κ3) is 8.84. The van der Waals surface area contributed by atoms with Gasteiger partial charge in [-0.3, -0.25) is 9.79 Å². The number of nitrogens with zero attached hydrogens (tertiary/aromatic N) is 1. The van der Waals surface area contributed by atoms with E-state index in [0.717, 1.165) is 24.8 Å². The van der Waals surface area contributed by atoms with Crippen LogP contribution in [0, 0.1) is 5.41 Å². The molecule has 0 unspecified atom stereocenters. The summed E-state index contributed by atoms with van der Waals surface area (Å²) in [4.78, 5) is 15.5. The van der Waals surface area contributed by atoms with E-state index in [1.54, 1.807) is 25.6 Å². The van der Waals surface area contributed by atoms with E-state index in [0.29, 0.717) is 6.54 Å². The minimum atomic E-state index is -0.609. The van der Waals surface area contributed by atoms with Crippen LogP contribution >= 0.6 is 35.7 Å². The maximum Gasteiger partial charge on any atom is 0.224 e. The Balaban J connectivity index is 0. The zero-order valence-corrected chi connectivity index (χ0v) is 14.7. The Morgan fingerprint density at radius 3 is 2.44 bits per heavy atom. The highest BCUT2D eigenvalue weighted by molar-refractivity contribution is 14.0. The van der Waals surface area contributed by atoms with Crippen LogP contribution in [0.4, 0.5) is 0 Å². The maximum atomic E-state index is 11.2. The lowest BCUT2D eigenvalue weighted by molar-refractivity contribution is -0.125. The van der Waals surface area contributed by atoms with E-state index in [1.807, 2.05) is 6.92 Å². The molecule has 0 bridgehead atoms. The molecule has 0 aromatic carbocycles. The molecule has 0 rings (SSSR count). The van der Waals surface area contributed by atoms with Gasteiger partial charge >= 0.3 is 0 Å². The predicted octanol–water partition coefficient (Wildman–Crippen LogP) is 1.03. The first-order chi connectivity index (χ1) is 7.94. The number of halogens is 1. The van der Waals surface area contributed by atoms with Crippen LogP contribution in [0.1, 0.15) is 20.8 Å². The van der Waals surface area contributed by atoms with Gasteiger partial charge < -0.3 is 16.4 Å². The van der Waals surface area contributed by atoms with Crippen LogP contribution < -0.4 is 16.4 Å². The van der Waals surface area contributed by atoms with Crippen molar-refractivity contribution in [1.82, 2.24) is 10.6 Å². The molecule has 0 aromatic heterocycles. The molecular formula is C11H25IN4OS. The topological polar surface area (TPSA) is 79.5 Å². The normalized spacial score (nSPS) is 11.7.